The predicted molar refractivity (Wildman–Crippen MR) is 113 cm³/mol. The van der Waals surface area contributed by atoms with Crippen LogP contribution in [-0.4, -0.2) is 19.8 Å². The van der Waals surface area contributed by atoms with Crippen molar-refractivity contribution in [2.45, 2.75) is 57.7 Å². The van der Waals surface area contributed by atoms with Crippen LogP contribution in [0.15, 0.2) is 30.5 Å². The number of nitrogens with one attached hydrogen (secondary N) is 1. The molecule has 0 aliphatic carbocycles. The molecule has 0 amide bonds. The van der Waals surface area contributed by atoms with Gasteiger partial charge in [-0.25, -0.2) is 8.78 Å². The summed E-state index contributed by atoms with van der Waals surface area (Å²) in [5.41, 5.74) is -0.333. The number of benzene rings is 1. The zero-order valence-electron chi connectivity index (χ0n) is 17.6. The van der Waals surface area contributed by atoms with E-state index in [1.807, 2.05) is 20.8 Å². The molecule has 1 aromatic carbocycles. The second-order valence-electron chi connectivity index (χ2n) is 7.35. The topological polar surface area (TPSA) is 34.1 Å². The molecule has 172 valence electrons. The average Bonchev–Trinajstić information content (AvgIpc) is 2.70. The van der Waals surface area contributed by atoms with Crippen LogP contribution in [0.5, 0.6) is 0 Å². The quantitative estimate of drug-likeness (QED) is 0.297. The molecule has 0 aliphatic heterocycles. The van der Waals surface area contributed by atoms with E-state index in [9.17, 15) is 22.0 Å². The van der Waals surface area contributed by atoms with Gasteiger partial charge < -0.3 is 9.74 Å². The zero-order chi connectivity index (χ0) is 23.2. The molecule has 0 spiro atoms. The van der Waals surface area contributed by atoms with Crippen molar-refractivity contribution in [3.05, 3.63) is 63.9 Å². The minimum Gasteiger partial charge on any atom is -0.407 e. The van der Waals surface area contributed by atoms with Gasteiger partial charge in [0.15, 0.2) is 8.32 Å². The summed E-state index contributed by atoms with van der Waals surface area (Å²) in [7, 11) is -2.16. The van der Waals surface area contributed by atoms with Crippen LogP contribution in [0.2, 0.25) is 23.2 Å². The smallest absolute Gasteiger partial charge is 0.407 e. The monoisotopic (exact) mass is 480 g/mol. The van der Waals surface area contributed by atoms with Crippen molar-refractivity contribution >= 4 is 19.9 Å². The maximum absolute atomic E-state index is 13.4. The summed E-state index contributed by atoms with van der Waals surface area (Å²) in [6.07, 6.45) is -4.51. The minimum atomic E-state index is -4.56. The lowest BCUT2D eigenvalue weighted by Crippen LogP contribution is -2.40. The second-order valence-corrected chi connectivity index (χ2v) is 12.5. The molecule has 1 N–H and O–H groups in total. The summed E-state index contributed by atoms with van der Waals surface area (Å²) in [5, 5.41) is 2.93. The first-order valence-electron chi connectivity index (χ1n) is 10.1. The number of nitrogens with zero attached hydrogens (tertiary/aromatic N) is 1. The van der Waals surface area contributed by atoms with Crippen LogP contribution >= 0.6 is 11.6 Å². The van der Waals surface area contributed by atoms with Gasteiger partial charge in [0.1, 0.15) is 17.7 Å². The molecule has 1 heterocycles. The Labute approximate surface area is 185 Å². The van der Waals surface area contributed by atoms with Gasteiger partial charge in [-0.3, -0.25) is 4.98 Å². The zero-order valence-corrected chi connectivity index (χ0v) is 19.4. The molecule has 31 heavy (non-hydrogen) atoms. The highest BCUT2D eigenvalue weighted by Gasteiger charge is 2.35. The largest absolute Gasteiger partial charge is 0.417 e. The van der Waals surface area contributed by atoms with Gasteiger partial charge in [0.25, 0.3) is 0 Å². The summed E-state index contributed by atoms with van der Waals surface area (Å²) in [6.45, 7) is 6.40. The maximum atomic E-state index is 13.4. The molecule has 2 aromatic rings. The third kappa shape index (κ3) is 6.97. The van der Waals surface area contributed by atoms with Crippen LogP contribution in [0, 0.1) is 11.6 Å². The number of halogens is 6. The number of alkyl halides is 3. The van der Waals surface area contributed by atoms with Crippen LogP contribution in [-0.2, 0) is 17.1 Å². The summed E-state index contributed by atoms with van der Waals surface area (Å²) in [6, 6.07) is 6.51. The molecule has 1 atom stereocenters. The van der Waals surface area contributed by atoms with Crippen molar-refractivity contribution in [1.82, 2.24) is 10.3 Å². The molecule has 0 fully saturated rings. The molecule has 1 unspecified atom stereocenters. The van der Waals surface area contributed by atoms with Crippen molar-refractivity contribution in [3.63, 3.8) is 0 Å². The van der Waals surface area contributed by atoms with Crippen LogP contribution in [0.25, 0.3) is 0 Å². The third-order valence-electron chi connectivity index (χ3n) is 5.41. The first-order valence-corrected chi connectivity index (χ1v) is 13.0. The third-order valence-corrected chi connectivity index (χ3v) is 10.4. The van der Waals surface area contributed by atoms with E-state index in [1.54, 1.807) is 0 Å². The number of hydrogen-bond acceptors (Lipinski definition) is 3. The fraction of sp³-hybridized carbons (Fsp3) is 0.476. The van der Waals surface area contributed by atoms with Gasteiger partial charge in [-0.05, 0) is 41.9 Å². The Balaban J connectivity index is 2.28. The first-order chi connectivity index (χ1) is 14.5. The van der Waals surface area contributed by atoms with E-state index in [2.05, 4.69) is 10.3 Å². The lowest BCUT2D eigenvalue weighted by molar-refractivity contribution is -0.137. The fourth-order valence-corrected chi connectivity index (χ4v) is 6.48. The fourth-order valence-electron chi connectivity index (χ4n) is 3.40. The van der Waals surface area contributed by atoms with Crippen molar-refractivity contribution in [2.24, 2.45) is 0 Å². The van der Waals surface area contributed by atoms with Gasteiger partial charge in [-0.1, -0.05) is 32.4 Å². The van der Waals surface area contributed by atoms with E-state index in [-0.39, 0.29) is 23.8 Å². The Hall–Kier alpha value is -1.55. The van der Waals surface area contributed by atoms with Gasteiger partial charge >= 0.3 is 6.18 Å². The van der Waals surface area contributed by atoms with Crippen molar-refractivity contribution in [1.29, 1.82) is 0 Å². The van der Waals surface area contributed by atoms with Crippen LogP contribution in [0.3, 0.4) is 0 Å². The summed E-state index contributed by atoms with van der Waals surface area (Å²) < 4.78 is 72.3. The van der Waals surface area contributed by atoms with E-state index >= 15 is 0 Å². The van der Waals surface area contributed by atoms with E-state index in [4.69, 9.17) is 16.0 Å². The Morgan fingerprint density at radius 3 is 2.10 bits per heavy atom. The number of pyridine rings is 1. The van der Waals surface area contributed by atoms with E-state index in [1.165, 1.54) is 12.1 Å². The SMILES string of the molecule is CC[Si](CC)(CC)OC(CNCc1cc(F)cc(F)c1)c1ncc(C(F)(F)F)cc1Cl. The highest BCUT2D eigenvalue weighted by molar-refractivity contribution is 6.73. The van der Waals surface area contributed by atoms with Crippen LogP contribution in [0.1, 0.15) is 43.7 Å². The van der Waals surface area contributed by atoms with E-state index < -0.39 is 37.8 Å². The molecule has 1 aromatic heterocycles. The van der Waals surface area contributed by atoms with Crippen molar-refractivity contribution in [2.75, 3.05) is 6.54 Å². The van der Waals surface area contributed by atoms with E-state index in [0.717, 1.165) is 36.5 Å². The number of aromatic nitrogens is 1. The van der Waals surface area contributed by atoms with Crippen molar-refractivity contribution in [3.8, 4) is 0 Å². The number of rotatable bonds is 10. The molecule has 0 saturated carbocycles. The number of hydrogen-bond donors (Lipinski definition) is 1. The summed E-state index contributed by atoms with van der Waals surface area (Å²) >= 11 is 6.17. The Morgan fingerprint density at radius 1 is 1.03 bits per heavy atom. The molecule has 0 bridgehead atoms. The highest BCUT2D eigenvalue weighted by atomic mass is 35.5. The van der Waals surface area contributed by atoms with Crippen molar-refractivity contribution < 1.29 is 26.4 Å². The van der Waals surface area contributed by atoms with Gasteiger partial charge in [0, 0.05) is 25.4 Å². The maximum Gasteiger partial charge on any atom is 0.417 e. The standard InChI is InChI=1S/C21H26ClF5N2OSi/c1-4-31(5-2,6-3)30-19(13-28-11-14-7-16(23)10-17(24)8-14)20-18(22)9-15(12-29-20)21(25,26)27/h7-10,12,19,28H,4-6,11,13H2,1-3H3. The molecule has 0 saturated heterocycles. The molecule has 10 heteroatoms. The first kappa shape index (κ1) is 25.7. The Bertz CT molecular complexity index is 849. The highest BCUT2D eigenvalue weighted by Crippen LogP contribution is 2.35. The van der Waals surface area contributed by atoms with Gasteiger partial charge in [0.2, 0.25) is 0 Å². The summed E-state index contributed by atoms with van der Waals surface area (Å²) in [5.74, 6) is -1.38. The molecule has 3 nitrogen and oxygen atoms in total. The van der Waals surface area contributed by atoms with Crippen LogP contribution in [0.4, 0.5) is 22.0 Å². The average molecular weight is 481 g/mol. The van der Waals surface area contributed by atoms with E-state index in [0.29, 0.717) is 5.56 Å². The lowest BCUT2D eigenvalue weighted by atomic mass is 10.1. The molecule has 0 aliphatic rings. The molecular formula is C21H26ClF5N2OSi. The van der Waals surface area contributed by atoms with Gasteiger partial charge in [-0.2, -0.15) is 13.2 Å². The Kier molecular flexibility index (Phi) is 8.99. The van der Waals surface area contributed by atoms with Gasteiger partial charge in [-0.15, -0.1) is 0 Å². The molecular weight excluding hydrogens is 455 g/mol. The lowest BCUT2D eigenvalue weighted by Gasteiger charge is -2.33. The van der Waals surface area contributed by atoms with Crippen LogP contribution < -0.4 is 5.32 Å². The van der Waals surface area contributed by atoms with Gasteiger partial charge in [0.05, 0.1) is 16.3 Å². The summed E-state index contributed by atoms with van der Waals surface area (Å²) in [4.78, 5) is 3.97. The molecule has 0 radical (unpaired) electrons. The molecule has 2 rings (SSSR count). The predicted octanol–water partition coefficient (Wildman–Crippen LogP) is 6.88. The minimum absolute atomic E-state index is 0.135. The normalized spacial score (nSPS) is 13.5. The Morgan fingerprint density at radius 2 is 1.61 bits per heavy atom. The second kappa shape index (κ2) is 10.8.